The molecule has 4 rings (SSSR count). The summed E-state index contributed by atoms with van der Waals surface area (Å²) < 4.78 is 17.7. The Morgan fingerprint density at radius 3 is 2.39 bits per heavy atom. The van der Waals surface area contributed by atoms with Gasteiger partial charge in [0.2, 0.25) is 5.90 Å². The number of aliphatic hydroxyl groups excluding tert-OH is 1. The van der Waals surface area contributed by atoms with Crippen LogP contribution in [0.5, 0.6) is 5.75 Å². The average Bonchev–Trinajstić information content (AvgIpc) is 3.40. The number of amides is 1. The topological polar surface area (TPSA) is 118 Å². The van der Waals surface area contributed by atoms with Crippen LogP contribution in [-0.4, -0.2) is 53.8 Å². The fourth-order valence-electron chi connectivity index (χ4n) is 4.79. The van der Waals surface area contributed by atoms with Crippen LogP contribution in [0.3, 0.4) is 0 Å². The number of halogens is 1. The summed E-state index contributed by atoms with van der Waals surface area (Å²) in [5.41, 5.74) is 6.18. The van der Waals surface area contributed by atoms with Gasteiger partial charge in [0.25, 0.3) is 5.91 Å². The van der Waals surface area contributed by atoms with E-state index < -0.39 is 29.1 Å². The van der Waals surface area contributed by atoms with Gasteiger partial charge in [-0.2, -0.15) is 0 Å². The Hall–Kier alpha value is -3.92. The van der Waals surface area contributed by atoms with Crippen LogP contribution in [0.15, 0.2) is 83.9 Å². The van der Waals surface area contributed by atoms with Gasteiger partial charge in [0, 0.05) is 36.6 Å². The summed E-state index contributed by atoms with van der Waals surface area (Å²) in [4.78, 5) is 31.9. The van der Waals surface area contributed by atoms with Crippen molar-refractivity contribution in [1.82, 2.24) is 10.9 Å². The van der Waals surface area contributed by atoms with Crippen molar-refractivity contribution in [1.29, 1.82) is 0 Å². The molecule has 0 aliphatic carbocycles. The maximum absolute atomic E-state index is 14.1. The Morgan fingerprint density at radius 2 is 1.73 bits per heavy atom. The molecule has 2 atom stereocenters. The van der Waals surface area contributed by atoms with Gasteiger partial charge < -0.3 is 19.3 Å². The number of nitrogens with zero attached hydrogens (tertiary/aromatic N) is 1. The van der Waals surface area contributed by atoms with Crippen molar-refractivity contribution < 1.29 is 28.9 Å². The third-order valence-electron chi connectivity index (χ3n) is 6.92. The highest BCUT2D eigenvalue weighted by molar-refractivity contribution is 6.30. The standard InChI is InChI=1S/C34H40ClN3O6/c1-33(2,3)44-29(40)18-20-34(32(41)38-36-21-19-24-10-14-27(35)15-11-24)30(25-8-5-4-6-9-25)43-31(37-34)26-12-16-28(17-13-26)42-23-7-22-39/h4-6,8-17,30,36,39H,7,18-23H2,1-3H3,(H,38,41)/t30-,34-/m0/s1. The van der Waals surface area contributed by atoms with Gasteiger partial charge in [0.15, 0.2) is 11.6 Å². The number of benzene rings is 3. The fraction of sp³-hybridized carbons (Fsp3) is 0.382. The van der Waals surface area contributed by atoms with E-state index in [1.165, 1.54) is 0 Å². The van der Waals surface area contributed by atoms with Crippen molar-refractivity contribution in [3.8, 4) is 5.75 Å². The largest absolute Gasteiger partial charge is 0.494 e. The second-order valence-corrected chi connectivity index (χ2v) is 12.0. The van der Waals surface area contributed by atoms with E-state index in [0.717, 1.165) is 11.1 Å². The molecule has 0 saturated carbocycles. The molecule has 0 aromatic heterocycles. The number of rotatable bonds is 14. The third-order valence-corrected chi connectivity index (χ3v) is 7.17. The molecule has 0 spiro atoms. The Balaban J connectivity index is 1.61. The lowest BCUT2D eigenvalue weighted by Crippen LogP contribution is -2.53. The SMILES string of the molecule is CC(C)(C)OC(=O)CC[C@]1(C(=O)NNCCc2ccc(Cl)cc2)N=C(c2ccc(OCCCO)cc2)O[C@H]1c1ccccc1. The lowest BCUT2D eigenvalue weighted by Gasteiger charge is -2.31. The highest BCUT2D eigenvalue weighted by atomic mass is 35.5. The number of nitrogens with one attached hydrogen (secondary N) is 2. The average molecular weight is 622 g/mol. The highest BCUT2D eigenvalue weighted by Gasteiger charge is 2.53. The van der Waals surface area contributed by atoms with Crippen LogP contribution < -0.4 is 15.6 Å². The third kappa shape index (κ3) is 9.05. The number of aliphatic imine (C=N–C) groups is 1. The molecule has 0 saturated heterocycles. The van der Waals surface area contributed by atoms with Crippen LogP contribution >= 0.6 is 11.6 Å². The maximum Gasteiger partial charge on any atom is 0.306 e. The fourth-order valence-corrected chi connectivity index (χ4v) is 4.92. The van der Waals surface area contributed by atoms with Crippen LogP contribution in [0, 0.1) is 0 Å². The van der Waals surface area contributed by atoms with Crippen molar-refractivity contribution in [2.45, 2.75) is 63.7 Å². The second-order valence-electron chi connectivity index (χ2n) is 11.5. The van der Waals surface area contributed by atoms with Crippen molar-refractivity contribution in [3.63, 3.8) is 0 Å². The first-order valence-corrected chi connectivity index (χ1v) is 15.1. The van der Waals surface area contributed by atoms with E-state index in [-0.39, 0.29) is 25.3 Å². The molecule has 0 bridgehead atoms. The molecule has 1 heterocycles. The van der Waals surface area contributed by atoms with Gasteiger partial charge in [0.1, 0.15) is 11.4 Å². The first-order valence-electron chi connectivity index (χ1n) is 14.7. The molecule has 3 aromatic carbocycles. The van der Waals surface area contributed by atoms with E-state index in [0.29, 0.717) is 42.3 Å². The number of carbonyl (C=O) groups is 2. The van der Waals surface area contributed by atoms with Gasteiger partial charge in [-0.1, -0.05) is 54.1 Å². The van der Waals surface area contributed by atoms with Crippen LogP contribution in [0.4, 0.5) is 0 Å². The lowest BCUT2D eigenvalue weighted by atomic mass is 9.83. The summed E-state index contributed by atoms with van der Waals surface area (Å²) in [6.45, 7) is 6.31. The van der Waals surface area contributed by atoms with Crippen molar-refractivity contribution >= 4 is 29.4 Å². The van der Waals surface area contributed by atoms with E-state index >= 15 is 0 Å². The molecular formula is C34H40ClN3O6. The van der Waals surface area contributed by atoms with E-state index in [1.807, 2.05) is 54.6 Å². The predicted molar refractivity (Wildman–Crippen MR) is 170 cm³/mol. The number of esters is 1. The zero-order valence-electron chi connectivity index (χ0n) is 25.3. The predicted octanol–water partition coefficient (Wildman–Crippen LogP) is 5.34. The number of carbonyl (C=O) groups excluding carboxylic acids is 2. The Morgan fingerprint density at radius 1 is 1.02 bits per heavy atom. The van der Waals surface area contributed by atoms with Crippen molar-refractivity contribution in [3.05, 3.63) is 101 Å². The summed E-state index contributed by atoms with van der Waals surface area (Å²) in [6, 6.07) is 24.1. The van der Waals surface area contributed by atoms with Crippen molar-refractivity contribution in [2.24, 2.45) is 4.99 Å². The van der Waals surface area contributed by atoms with Crippen molar-refractivity contribution in [2.75, 3.05) is 19.8 Å². The van der Waals surface area contributed by atoms with E-state index in [2.05, 4.69) is 10.9 Å². The number of hydrogen-bond donors (Lipinski definition) is 3. The van der Waals surface area contributed by atoms with Gasteiger partial charge in [0.05, 0.1) is 6.61 Å². The summed E-state index contributed by atoms with van der Waals surface area (Å²) in [5.74, 6) is 0.0608. The lowest BCUT2D eigenvalue weighted by molar-refractivity contribution is -0.155. The number of hydrogen-bond acceptors (Lipinski definition) is 8. The Kier molecular flexibility index (Phi) is 11.4. The molecule has 1 aliphatic rings. The zero-order chi connectivity index (χ0) is 31.6. The molecular weight excluding hydrogens is 582 g/mol. The van der Waals surface area contributed by atoms with E-state index in [4.69, 9.17) is 35.9 Å². The van der Waals surface area contributed by atoms with Crippen LogP contribution in [0.25, 0.3) is 0 Å². The number of hydrazine groups is 1. The van der Waals surface area contributed by atoms with Gasteiger partial charge in [-0.15, -0.1) is 0 Å². The minimum Gasteiger partial charge on any atom is -0.494 e. The van der Waals surface area contributed by atoms with Gasteiger partial charge in [-0.25, -0.2) is 10.4 Å². The first kappa shape index (κ1) is 33.0. The van der Waals surface area contributed by atoms with Crippen LogP contribution in [0.1, 0.15) is 62.8 Å². The number of aliphatic hydroxyl groups is 1. The molecule has 1 aliphatic heterocycles. The maximum atomic E-state index is 14.1. The minimum atomic E-state index is -1.48. The number of ether oxygens (including phenoxy) is 3. The van der Waals surface area contributed by atoms with E-state index in [1.54, 1.807) is 45.0 Å². The van der Waals surface area contributed by atoms with Crippen LogP contribution in [0.2, 0.25) is 5.02 Å². The molecule has 3 aromatic rings. The molecule has 1 amide bonds. The van der Waals surface area contributed by atoms with Gasteiger partial charge >= 0.3 is 5.97 Å². The minimum absolute atomic E-state index is 0.0451. The Bertz CT molecular complexity index is 1410. The second kappa shape index (κ2) is 15.2. The molecule has 9 nitrogen and oxygen atoms in total. The molecule has 0 unspecified atom stereocenters. The van der Waals surface area contributed by atoms with Crippen LogP contribution in [-0.2, 0) is 25.5 Å². The molecule has 234 valence electrons. The normalized spacial score (nSPS) is 17.8. The van der Waals surface area contributed by atoms with Gasteiger partial charge in [-0.05, 0) is 81.1 Å². The first-order chi connectivity index (χ1) is 21.1. The van der Waals surface area contributed by atoms with Gasteiger partial charge in [-0.3, -0.25) is 15.0 Å². The molecule has 3 N–H and O–H groups in total. The van der Waals surface area contributed by atoms with E-state index in [9.17, 15) is 9.59 Å². The summed E-state index contributed by atoms with van der Waals surface area (Å²) in [5, 5.41) is 9.68. The Labute approximate surface area is 263 Å². The smallest absolute Gasteiger partial charge is 0.306 e. The summed E-state index contributed by atoms with van der Waals surface area (Å²) in [7, 11) is 0. The summed E-state index contributed by atoms with van der Waals surface area (Å²) in [6.07, 6.45) is 0.385. The zero-order valence-corrected chi connectivity index (χ0v) is 26.1. The molecule has 0 radical (unpaired) electrons. The molecule has 0 fully saturated rings. The summed E-state index contributed by atoms with van der Waals surface area (Å²) >= 11 is 6.00. The molecule has 10 heteroatoms. The quantitative estimate of drug-likeness (QED) is 0.126. The molecule has 44 heavy (non-hydrogen) atoms. The monoisotopic (exact) mass is 621 g/mol. The highest BCUT2D eigenvalue weighted by Crippen LogP contribution is 2.43.